The van der Waals surface area contributed by atoms with Crippen LogP contribution in [-0.2, 0) is 14.8 Å². The lowest BCUT2D eigenvalue weighted by molar-refractivity contribution is -0.387. The summed E-state index contributed by atoms with van der Waals surface area (Å²) in [5, 5.41) is 17.4. The number of benzene rings is 2. The molecular formula is C25H25FN4O6S. The van der Waals surface area contributed by atoms with E-state index in [1.54, 1.807) is 12.2 Å². The van der Waals surface area contributed by atoms with E-state index in [0.29, 0.717) is 12.8 Å². The van der Waals surface area contributed by atoms with E-state index >= 15 is 0 Å². The predicted molar refractivity (Wildman–Crippen MR) is 135 cm³/mol. The number of nitro benzene ring substituents is 1. The van der Waals surface area contributed by atoms with Crippen molar-refractivity contribution in [1.29, 1.82) is 0 Å². The second-order valence-corrected chi connectivity index (χ2v) is 10.7. The maximum atomic E-state index is 13.6. The van der Waals surface area contributed by atoms with Gasteiger partial charge in [0.25, 0.3) is 0 Å². The summed E-state index contributed by atoms with van der Waals surface area (Å²) in [6.45, 7) is 3.62. The number of carbonyl (C=O) groups excluding carboxylic acids is 1. The SMILES string of the molecule is Cc1ccc(/C=C/c2onc(C)c2S(=O)(=O)N2CCCC(C(=O)Nc3ccc(F)c([N+](=O)[O-])c3)C2)cc1. The fourth-order valence-electron chi connectivity index (χ4n) is 4.13. The number of sulfonamides is 1. The molecule has 1 amide bonds. The average molecular weight is 529 g/mol. The topological polar surface area (TPSA) is 136 Å². The van der Waals surface area contributed by atoms with Crippen LogP contribution in [0.25, 0.3) is 12.2 Å². The summed E-state index contributed by atoms with van der Waals surface area (Å²) in [6, 6.07) is 10.7. The van der Waals surface area contributed by atoms with E-state index in [1.165, 1.54) is 17.3 Å². The molecule has 1 aliphatic heterocycles. The molecule has 1 unspecified atom stereocenters. The van der Waals surface area contributed by atoms with Gasteiger partial charge < -0.3 is 9.84 Å². The smallest absolute Gasteiger partial charge is 0.306 e. The van der Waals surface area contributed by atoms with Crippen LogP contribution in [0, 0.1) is 35.7 Å². The van der Waals surface area contributed by atoms with Crippen LogP contribution in [0.1, 0.15) is 35.4 Å². The molecule has 2 heterocycles. The Labute approximate surface area is 213 Å². The van der Waals surface area contributed by atoms with Gasteiger partial charge in [-0.3, -0.25) is 14.9 Å². The minimum Gasteiger partial charge on any atom is -0.355 e. The van der Waals surface area contributed by atoms with Crippen molar-refractivity contribution in [3.8, 4) is 0 Å². The van der Waals surface area contributed by atoms with Crippen molar-refractivity contribution in [3.05, 3.63) is 81.0 Å². The monoisotopic (exact) mass is 528 g/mol. The third kappa shape index (κ3) is 5.75. The zero-order valence-electron chi connectivity index (χ0n) is 20.2. The number of halogens is 1. The van der Waals surface area contributed by atoms with E-state index in [9.17, 15) is 27.7 Å². The summed E-state index contributed by atoms with van der Waals surface area (Å²) in [5.74, 6) is -2.15. The van der Waals surface area contributed by atoms with Gasteiger partial charge in [0.15, 0.2) is 10.7 Å². The minimum absolute atomic E-state index is 0.0523. The molecule has 1 aromatic heterocycles. The number of amides is 1. The van der Waals surface area contributed by atoms with Gasteiger partial charge in [0.1, 0.15) is 5.69 Å². The van der Waals surface area contributed by atoms with Crippen LogP contribution in [0.4, 0.5) is 15.8 Å². The van der Waals surface area contributed by atoms with Crippen LogP contribution >= 0.6 is 0 Å². The lowest BCUT2D eigenvalue weighted by atomic mass is 9.98. The first kappa shape index (κ1) is 26.2. The van der Waals surface area contributed by atoms with E-state index in [4.69, 9.17) is 4.52 Å². The molecule has 37 heavy (non-hydrogen) atoms. The zero-order chi connectivity index (χ0) is 26.7. The Morgan fingerprint density at radius 1 is 1.22 bits per heavy atom. The van der Waals surface area contributed by atoms with Crippen LogP contribution in [0.2, 0.25) is 0 Å². The normalized spacial score (nSPS) is 16.7. The number of nitrogens with zero attached hydrogens (tertiary/aromatic N) is 3. The molecule has 0 spiro atoms. The highest BCUT2D eigenvalue weighted by molar-refractivity contribution is 7.89. The molecule has 12 heteroatoms. The Morgan fingerprint density at radius 3 is 2.65 bits per heavy atom. The van der Waals surface area contributed by atoms with E-state index < -0.39 is 38.3 Å². The van der Waals surface area contributed by atoms with Crippen molar-refractivity contribution < 1.29 is 27.0 Å². The van der Waals surface area contributed by atoms with Gasteiger partial charge >= 0.3 is 5.69 Å². The zero-order valence-corrected chi connectivity index (χ0v) is 21.0. The Kier molecular flexibility index (Phi) is 7.50. The van der Waals surface area contributed by atoms with E-state index in [2.05, 4.69) is 10.5 Å². The van der Waals surface area contributed by atoms with Crippen molar-refractivity contribution in [3.63, 3.8) is 0 Å². The standard InChI is InChI=1S/C25H25FN4O6S/c1-16-5-7-18(8-6-16)9-12-23-24(17(2)28-36-23)37(34,35)29-13-3-4-19(15-29)25(31)27-20-10-11-21(26)22(14-20)30(32)33/h5-12,14,19H,3-4,13,15H2,1-2H3,(H,27,31)/b12-9+. The highest BCUT2D eigenvalue weighted by atomic mass is 32.2. The molecule has 4 rings (SSSR count). The molecule has 0 radical (unpaired) electrons. The Hall–Kier alpha value is -3.90. The first-order valence-corrected chi connectivity index (χ1v) is 13.0. The van der Waals surface area contributed by atoms with Crippen molar-refractivity contribution in [1.82, 2.24) is 9.46 Å². The number of hydrogen-bond acceptors (Lipinski definition) is 7. The lowest BCUT2D eigenvalue weighted by Crippen LogP contribution is -2.43. The fraction of sp³-hybridized carbons (Fsp3) is 0.280. The Bertz CT molecular complexity index is 1470. The number of anilines is 1. The summed E-state index contributed by atoms with van der Waals surface area (Å²) in [7, 11) is -4.05. The molecule has 1 aliphatic rings. The van der Waals surface area contributed by atoms with Crippen LogP contribution in [0.5, 0.6) is 0 Å². The minimum atomic E-state index is -4.05. The number of nitrogens with one attached hydrogen (secondary N) is 1. The van der Waals surface area contributed by atoms with Crippen LogP contribution in [0.3, 0.4) is 0 Å². The van der Waals surface area contributed by atoms with Gasteiger partial charge in [-0.15, -0.1) is 0 Å². The lowest BCUT2D eigenvalue weighted by Gasteiger charge is -2.31. The molecule has 0 saturated carbocycles. The molecule has 194 valence electrons. The van der Waals surface area contributed by atoms with Crippen LogP contribution in [-0.4, -0.2) is 41.8 Å². The number of rotatable bonds is 7. The maximum Gasteiger partial charge on any atom is 0.306 e. The molecule has 1 saturated heterocycles. The van der Waals surface area contributed by atoms with E-state index in [1.807, 2.05) is 31.2 Å². The first-order valence-electron chi connectivity index (χ1n) is 11.5. The van der Waals surface area contributed by atoms with Gasteiger partial charge in [0.05, 0.1) is 10.8 Å². The fourth-order valence-corrected chi connectivity index (χ4v) is 5.90. The van der Waals surface area contributed by atoms with Crippen LogP contribution < -0.4 is 5.32 Å². The van der Waals surface area contributed by atoms with Gasteiger partial charge in [0, 0.05) is 24.8 Å². The van der Waals surface area contributed by atoms with E-state index in [0.717, 1.165) is 23.3 Å². The largest absolute Gasteiger partial charge is 0.355 e. The van der Waals surface area contributed by atoms with Crippen molar-refractivity contribution in [2.75, 3.05) is 18.4 Å². The van der Waals surface area contributed by atoms with Crippen LogP contribution in [0.15, 0.2) is 51.9 Å². The quantitative estimate of drug-likeness (QED) is 0.351. The molecule has 0 bridgehead atoms. The third-order valence-corrected chi connectivity index (χ3v) is 8.12. The van der Waals surface area contributed by atoms with Crippen molar-refractivity contribution in [2.24, 2.45) is 5.92 Å². The predicted octanol–water partition coefficient (Wildman–Crippen LogP) is 4.55. The molecule has 2 aromatic carbocycles. The van der Waals surface area contributed by atoms with Gasteiger partial charge in [-0.2, -0.15) is 8.70 Å². The Morgan fingerprint density at radius 2 is 1.95 bits per heavy atom. The summed E-state index contributed by atoms with van der Waals surface area (Å²) in [6.07, 6.45) is 4.13. The number of hydrogen-bond donors (Lipinski definition) is 1. The summed E-state index contributed by atoms with van der Waals surface area (Å²) in [5.41, 5.74) is 1.45. The second kappa shape index (κ2) is 10.6. The summed E-state index contributed by atoms with van der Waals surface area (Å²) >= 11 is 0. The maximum absolute atomic E-state index is 13.6. The third-order valence-electron chi connectivity index (χ3n) is 6.10. The van der Waals surface area contributed by atoms with Gasteiger partial charge in [-0.25, -0.2) is 8.42 Å². The number of nitro groups is 1. The summed E-state index contributed by atoms with van der Waals surface area (Å²) < 4.78 is 47.3. The first-order chi connectivity index (χ1) is 17.6. The molecule has 1 N–H and O–H groups in total. The molecule has 3 aromatic rings. The van der Waals surface area contributed by atoms with E-state index in [-0.39, 0.29) is 35.1 Å². The molecule has 10 nitrogen and oxygen atoms in total. The van der Waals surface area contributed by atoms with Crippen molar-refractivity contribution >= 4 is 39.5 Å². The molecule has 1 fully saturated rings. The number of aromatic nitrogens is 1. The average Bonchev–Trinajstić information content (AvgIpc) is 3.25. The number of piperidine rings is 1. The molecular weight excluding hydrogens is 503 g/mol. The Balaban J connectivity index is 1.52. The number of aryl methyl sites for hydroxylation is 2. The van der Waals surface area contributed by atoms with Gasteiger partial charge in [0.2, 0.25) is 21.7 Å². The second-order valence-electron chi connectivity index (χ2n) is 8.82. The number of carbonyl (C=O) groups is 1. The molecule has 1 atom stereocenters. The highest BCUT2D eigenvalue weighted by Crippen LogP contribution is 2.30. The van der Waals surface area contributed by atoms with Crippen molar-refractivity contribution in [2.45, 2.75) is 31.6 Å². The summed E-state index contributed by atoms with van der Waals surface area (Å²) in [4.78, 5) is 22.9. The highest BCUT2D eigenvalue weighted by Gasteiger charge is 2.37. The van der Waals surface area contributed by atoms with Gasteiger partial charge in [-0.05, 0) is 50.5 Å². The molecule has 0 aliphatic carbocycles. The van der Waals surface area contributed by atoms with Gasteiger partial charge in [-0.1, -0.05) is 41.1 Å².